The van der Waals surface area contributed by atoms with Gasteiger partial charge in [-0.25, -0.2) is 19.2 Å². The Morgan fingerprint density at radius 2 is 2.10 bits per heavy atom. The van der Waals surface area contributed by atoms with Gasteiger partial charge in [0.1, 0.15) is 6.17 Å². The van der Waals surface area contributed by atoms with E-state index in [1.807, 2.05) is 0 Å². The molecule has 1 fully saturated rings. The number of rotatable bonds is 4. The first kappa shape index (κ1) is 20.7. The third-order valence-electron chi connectivity index (χ3n) is 4.53. The SMILES string of the molecule is O=C(CSC1=NC2NNCC2C(=O)N1c1ccc(F)c(F)c1)Nc1cccc(Cl)c1. The van der Waals surface area contributed by atoms with Gasteiger partial charge < -0.3 is 5.32 Å². The van der Waals surface area contributed by atoms with Gasteiger partial charge in [0.2, 0.25) is 11.8 Å². The fraction of sp³-hybridized carbons (Fsp3) is 0.211. The third kappa shape index (κ3) is 4.31. The van der Waals surface area contributed by atoms with Crippen molar-refractivity contribution in [2.24, 2.45) is 10.9 Å². The summed E-state index contributed by atoms with van der Waals surface area (Å²) in [6.07, 6.45) is -0.502. The number of hydrogen-bond acceptors (Lipinski definition) is 6. The molecule has 0 saturated carbocycles. The fourth-order valence-corrected chi connectivity index (χ4v) is 4.16. The molecule has 2 aromatic rings. The number of nitrogens with zero attached hydrogens (tertiary/aromatic N) is 2. The van der Waals surface area contributed by atoms with Gasteiger partial charge in [0.05, 0.1) is 17.4 Å². The number of hydrazine groups is 1. The monoisotopic (exact) mass is 451 g/mol. The molecule has 2 aliphatic rings. The predicted octanol–water partition coefficient (Wildman–Crippen LogP) is 2.74. The van der Waals surface area contributed by atoms with Gasteiger partial charge in [-0.1, -0.05) is 29.4 Å². The van der Waals surface area contributed by atoms with E-state index < -0.39 is 23.7 Å². The molecule has 156 valence electrons. The molecule has 2 aromatic carbocycles. The maximum Gasteiger partial charge on any atom is 0.241 e. The summed E-state index contributed by atoms with van der Waals surface area (Å²) in [5, 5.41) is 3.41. The second-order valence-corrected chi connectivity index (χ2v) is 7.99. The molecule has 0 spiro atoms. The average Bonchev–Trinajstić information content (AvgIpc) is 3.18. The molecular weight excluding hydrogens is 436 g/mol. The van der Waals surface area contributed by atoms with E-state index in [-0.39, 0.29) is 28.4 Å². The molecule has 0 aliphatic carbocycles. The number of benzene rings is 2. The zero-order valence-electron chi connectivity index (χ0n) is 15.4. The van der Waals surface area contributed by atoms with Crippen molar-refractivity contribution in [3.05, 3.63) is 59.1 Å². The molecule has 2 heterocycles. The number of carbonyl (C=O) groups excluding carboxylic acids is 2. The highest BCUT2D eigenvalue weighted by Crippen LogP contribution is 2.30. The molecule has 11 heteroatoms. The van der Waals surface area contributed by atoms with Crippen LogP contribution in [0.4, 0.5) is 20.2 Å². The van der Waals surface area contributed by atoms with Gasteiger partial charge in [-0.3, -0.25) is 19.9 Å². The number of carbonyl (C=O) groups is 2. The Morgan fingerprint density at radius 1 is 1.27 bits per heavy atom. The summed E-state index contributed by atoms with van der Waals surface area (Å²) in [5.41, 5.74) is 6.45. The average molecular weight is 452 g/mol. The summed E-state index contributed by atoms with van der Waals surface area (Å²) in [6.45, 7) is 0.348. The van der Waals surface area contributed by atoms with E-state index in [0.717, 1.165) is 23.9 Å². The number of thioether (sulfide) groups is 1. The highest BCUT2D eigenvalue weighted by atomic mass is 35.5. The number of amidine groups is 1. The van der Waals surface area contributed by atoms with E-state index >= 15 is 0 Å². The first-order chi connectivity index (χ1) is 14.4. The highest BCUT2D eigenvalue weighted by molar-refractivity contribution is 8.14. The van der Waals surface area contributed by atoms with Gasteiger partial charge >= 0.3 is 0 Å². The molecule has 4 rings (SSSR count). The largest absolute Gasteiger partial charge is 0.325 e. The Balaban J connectivity index is 1.54. The number of amides is 2. The molecule has 2 amide bonds. The zero-order chi connectivity index (χ0) is 21.3. The standard InChI is InChI=1S/C19H16ClF2N5O2S/c20-10-2-1-3-11(6-10)24-16(28)9-30-19-25-17-13(8-23-26-17)18(29)27(19)12-4-5-14(21)15(22)7-12/h1-7,13,17,23,26H,8-9H2,(H,24,28). The zero-order valence-corrected chi connectivity index (χ0v) is 16.9. The molecule has 0 bridgehead atoms. The van der Waals surface area contributed by atoms with Crippen LogP contribution in [-0.2, 0) is 9.59 Å². The van der Waals surface area contributed by atoms with E-state index in [1.165, 1.54) is 11.0 Å². The van der Waals surface area contributed by atoms with Crippen molar-refractivity contribution in [3.8, 4) is 0 Å². The quantitative estimate of drug-likeness (QED) is 0.665. The Morgan fingerprint density at radius 3 is 2.87 bits per heavy atom. The van der Waals surface area contributed by atoms with Crippen LogP contribution in [0.25, 0.3) is 0 Å². The minimum Gasteiger partial charge on any atom is -0.325 e. The molecule has 7 nitrogen and oxygen atoms in total. The van der Waals surface area contributed by atoms with E-state index in [9.17, 15) is 18.4 Å². The van der Waals surface area contributed by atoms with Crippen LogP contribution in [0.2, 0.25) is 5.02 Å². The van der Waals surface area contributed by atoms with Crippen LogP contribution in [0.3, 0.4) is 0 Å². The molecule has 0 radical (unpaired) electrons. The van der Waals surface area contributed by atoms with Crippen molar-refractivity contribution in [1.29, 1.82) is 0 Å². The van der Waals surface area contributed by atoms with Crippen molar-refractivity contribution >= 4 is 51.7 Å². The Labute approximate surface area is 179 Å². The lowest BCUT2D eigenvalue weighted by Gasteiger charge is -2.32. The third-order valence-corrected chi connectivity index (χ3v) is 5.72. The topological polar surface area (TPSA) is 85.8 Å². The van der Waals surface area contributed by atoms with Gasteiger partial charge in [-0.05, 0) is 30.3 Å². The van der Waals surface area contributed by atoms with Crippen LogP contribution < -0.4 is 21.1 Å². The molecular formula is C19H16ClF2N5O2S. The second kappa shape index (κ2) is 8.68. The number of halogens is 3. The highest BCUT2D eigenvalue weighted by Gasteiger charge is 2.42. The second-order valence-electron chi connectivity index (χ2n) is 6.61. The van der Waals surface area contributed by atoms with Crippen LogP contribution in [0.1, 0.15) is 0 Å². The van der Waals surface area contributed by atoms with Crippen molar-refractivity contribution in [2.75, 3.05) is 22.5 Å². The van der Waals surface area contributed by atoms with Crippen LogP contribution in [-0.4, -0.2) is 35.4 Å². The molecule has 2 unspecified atom stereocenters. The van der Waals surface area contributed by atoms with Crippen molar-refractivity contribution < 1.29 is 18.4 Å². The summed E-state index contributed by atoms with van der Waals surface area (Å²) in [7, 11) is 0. The minimum absolute atomic E-state index is 0.0520. The Kier molecular flexibility index (Phi) is 6.00. The summed E-state index contributed by atoms with van der Waals surface area (Å²) in [6, 6.07) is 9.88. The predicted molar refractivity (Wildman–Crippen MR) is 112 cm³/mol. The smallest absolute Gasteiger partial charge is 0.241 e. The lowest BCUT2D eigenvalue weighted by molar-refractivity contribution is -0.121. The maximum absolute atomic E-state index is 13.8. The van der Waals surface area contributed by atoms with Crippen molar-refractivity contribution in [2.45, 2.75) is 6.17 Å². The fourth-order valence-electron chi connectivity index (χ4n) is 3.12. The van der Waals surface area contributed by atoms with Crippen molar-refractivity contribution in [3.63, 3.8) is 0 Å². The number of nitrogens with one attached hydrogen (secondary N) is 3. The van der Waals surface area contributed by atoms with Gasteiger partial charge in [-0.2, -0.15) is 0 Å². The lowest BCUT2D eigenvalue weighted by Crippen LogP contribution is -2.49. The molecule has 3 N–H and O–H groups in total. The van der Waals surface area contributed by atoms with Gasteiger partial charge in [-0.15, -0.1) is 0 Å². The molecule has 2 aliphatic heterocycles. The summed E-state index contributed by atoms with van der Waals surface area (Å²) >= 11 is 6.94. The minimum atomic E-state index is -1.08. The van der Waals surface area contributed by atoms with Gasteiger partial charge in [0.15, 0.2) is 16.8 Å². The lowest BCUT2D eigenvalue weighted by atomic mass is 10.0. The number of fused-ring (bicyclic) bond motifs is 1. The number of anilines is 2. The van der Waals surface area contributed by atoms with Crippen LogP contribution in [0, 0.1) is 17.6 Å². The van der Waals surface area contributed by atoms with E-state index in [2.05, 4.69) is 21.2 Å². The molecule has 2 atom stereocenters. The van der Waals surface area contributed by atoms with E-state index in [1.54, 1.807) is 24.3 Å². The normalized spacial score (nSPS) is 20.7. The number of aliphatic imine (C=N–C) groups is 1. The Hall–Kier alpha value is -2.53. The summed E-state index contributed by atoms with van der Waals surface area (Å²) in [4.78, 5) is 31.1. The van der Waals surface area contributed by atoms with E-state index in [0.29, 0.717) is 17.3 Å². The molecule has 1 saturated heterocycles. The maximum atomic E-state index is 13.8. The Bertz CT molecular complexity index is 1040. The van der Waals surface area contributed by atoms with Crippen molar-refractivity contribution in [1.82, 2.24) is 10.9 Å². The first-order valence-electron chi connectivity index (χ1n) is 8.96. The molecule has 30 heavy (non-hydrogen) atoms. The molecule has 0 aromatic heterocycles. The van der Waals surface area contributed by atoms with E-state index in [4.69, 9.17) is 11.6 Å². The van der Waals surface area contributed by atoms with Gasteiger partial charge in [0, 0.05) is 23.3 Å². The van der Waals surface area contributed by atoms with Crippen LogP contribution >= 0.6 is 23.4 Å². The summed E-state index contributed by atoms with van der Waals surface area (Å²) in [5.74, 6) is -3.30. The van der Waals surface area contributed by atoms with Crippen LogP contribution in [0.15, 0.2) is 47.5 Å². The van der Waals surface area contributed by atoms with Crippen LogP contribution in [0.5, 0.6) is 0 Å². The first-order valence-corrected chi connectivity index (χ1v) is 10.3. The van der Waals surface area contributed by atoms with Gasteiger partial charge in [0.25, 0.3) is 0 Å². The number of hydrogen-bond donors (Lipinski definition) is 3. The summed E-state index contributed by atoms with van der Waals surface area (Å²) < 4.78 is 27.2.